The van der Waals surface area contributed by atoms with Crippen LogP contribution in [0.1, 0.15) is 23.2 Å². The highest BCUT2D eigenvalue weighted by Gasteiger charge is 2.08. The standard InChI is InChI=1S/C19H21Cl2N3O2/c20-11-3-13-24(14-4-12-21)16-9-7-15(8-10-16)22-23-18-6-2-1-5-17(18)19(25)26/h1-2,5-10H,3-4,11-14H2,(H,25,26). The molecule has 26 heavy (non-hydrogen) atoms. The van der Waals surface area contributed by atoms with E-state index in [2.05, 4.69) is 15.1 Å². The largest absolute Gasteiger partial charge is 0.478 e. The minimum Gasteiger partial charge on any atom is -0.478 e. The highest BCUT2D eigenvalue weighted by atomic mass is 35.5. The predicted octanol–water partition coefficient (Wildman–Crippen LogP) is 5.86. The fourth-order valence-corrected chi connectivity index (χ4v) is 2.69. The number of carboxylic acids is 1. The summed E-state index contributed by atoms with van der Waals surface area (Å²) < 4.78 is 0. The maximum atomic E-state index is 11.2. The molecule has 0 heterocycles. The second-order valence-corrected chi connectivity index (χ2v) is 6.37. The van der Waals surface area contributed by atoms with Gasteiger partial charge in [0.15, 0.2) is 0 Å². The first kappa shape index (κ1) is 20.2. The van der Waals surface area contributed by atoms with E-state index in [1.165, 1.54) is 6.07 Å². The number of rotatable bonds is 10. The molecule has 7 heteroatoms. The number of aromatic carboxylic acids is 1. The molecule has 2 rings (SSSR count). The first-order valence-corrected chi connectivity index (χ1v) is 9.43. The van der Waals surface area contributed by atoms with Crippen molar-refractivity contribution < 1.29 is 9.90 Å². The summed E-state index contributed by atoms with van der Waals surface area (Å²) >= 11 is 11.6. The van der Waals surface area contributed by atoms with Crippen molar-refractivity contribution in [2.24, 2.45) is 10.2 Å². The molecular formula is C19H21Cl2N3O2. The number of carboxylic acid groups (broad SMARTS) is 1. The van der Waals surface area contributed by atoms with Gasteiger partial charge >= 0.3 is 5.97 Å². The molecule has 2 aromatic rings. The Bertz CT molecular complexity index is 728. The fraction of sp³-hybridized carbons (Fsp3) is 0.316. The van der Waals surface area contributed by atoms with Crippen LogP contribution in [0.2, 0.25) is 0 Å². The number of anilines is 1. The topological polar surface area (TPSA) is 65.3 Å². The van der Waals surface area contributed by atoms with E-state index in [0.717, 1.165) is 31.6 Å². The molecule has 1 N–H and O–H groups in total. The van der Waals surface area contributed by atoms with Crippen LogP contribution in [0.3, 0.4) is 0 Å². The van der Waals surface area contributed by atoms with E-state index < -0.39 is 5.97 Å². The molecule has 0 aliphatic carbocycles. The number of halogens is 2. The smallest absolute Gasteiger partial charge is 0.337 e. The molecule has 0 saturated carbocycles. The van der Waals surface area contributed by atoms with Gasteiger partial charge in [-0.1, -0.05) is 12.1 Å². The molecule has 138 valence electrons. The normalized spacial score (nSPS) is 11.0. The molecule has 0 unspecified atom stereocenters. The lowest BCUT2D eigenvalue weighted by molar-refractivity contribution is 0.0697. The number of azo groups is 1. The van der Waals surface area contributed by atoms with Crippen molar-refractivity contribution in [2.75, 3.05) is 29.7 Å². The van der Waals surface area contributed by atoms with Gasteiger partial charge in [-0.05, 0) is 49.2 Å². The molecule has 0 radical (unpaired) electrons. The lowest BCUT2D eigenvalue weighted by Crippen LogP contribution is -2.26. The molecule has 0 amide bonds. The SMILES string of the molecule is O=C(O)c1ccccc1N=Nc1ccc(N(CCCCl)CCCCl)cc1. The zero-order valence-electron chi connectivity index (χ0n) is 14.3. The summed E-state index contributed by atoms with van der Waals surface area (Å²) in [7, 11) is 0. The van der Waals surface area contributed by atoms with E-state index in [4.69, 9.17) is 23.2 Å². The first-order valence-electron chi connectivity index (χ1n) is 8.36. The minimum absolute atomic E-state index is 0.126. The Hall–Kier alpha value is -2.11. The van der Waals surface area contributed by atoms with Crippen molar-refractivity contribution in [2.45, 2.75) is 12.8 Å². The van der Waals surface area contributed by atoms with Crippen LogP contribution >= 0.6 is 23.2 Å². The summed E-state index contributed by atoms with van der Waals surface area (Å²) in [5, 5.41) is 17.4. The second-order valence-electron chi connectivity index (χ2n) is 5.61. The summed E-state index contributed by atoms with van der Waals surface area (Å²) in [4.78, 5) is 13.4. The molecule has 0 spiro atoms. The van der Waals surface area contributed by atoms with Gasteiger partial charge in [0.1, 0.15) is 5.69 Å². The first-order chi connectivity index (χ1) is 12.7. The van der Waals surface area contributed by atoms with Crippen LogP contribution in [0.5, 0.6) is 0 Å². The van der Waals surface area contributed by atoms with Gasteiger partial charge in [-0.2, -0.15) is 5.11 Å². The van der Waals surface area contributed by atoms with Crippen molar-refractivity contribution in [3.05, 3.63) is 54.1 Å². The Morgan fingerprint density at radius 2 is 1.54 bits per heavy atom. The van der Waals surface area contributed by atoms with Crippen molar-refractivity contribution in [1.82, 2.24) is 0 Å². The summed E-state index contributed by atoms with van der Waals surface area (Å²) in [5.74, 6) is 0.211. The molecule has 5 nitrogen and oxygen atoms in total. The van der Waals surface area contributed by atoms with Gasteiger partial charge in [0, 0.05) is 30.5 Å². The Labute approximate surface area is 163 Å². The average molecular weight is 394 g/mol. The molecule has 0 bridgehead atoms. The Morgan fingerprint density at radius 1 is 0.923 bits per heavy atom. The lowest BCUT2D eigenvalue weighted by atomic mass is 10.2. The van der Waals surface area contributed by atoms with Gasteiger partial charge in [0.2, 0.25) is 0 Å². The number of nitrogens with zero attached hydrogens (tertiary/aromatic N) is 3. The van der Waals surface area contributed by atoms with E-state index in [-0.39, 0.29) is 5.56 Å². The summed E-state index contributed by atoms with van der Waals surface area (Å²) in [6.45, 7) is 1.74. The molecule has 0 atom stereocenters. The van der Waals surface area contributed by atoms with E-state index in [9.17, 15) is 9.90 Å². The highest BCUT2D eigenvalue weighted by Crippen LogP contribution is 2.24. The quantitative estimate of drug-likeness (QED) is 0.405. The predicted molar refractivity (Wildman–Crippen MR) is 107 cm³/mol. The van der Waals surface area contributed by atoms with Crippen molar-refractivity contribution in [1.29, 1.82) is 0 Å². The van der Waals surface area contributed by atoms with Gasteiger partial charge in [0.25, 0.3) is 0 Å². The molecular weight excluding hydrogens is 373 g/mol. The van der Waals surface area contributed by atoms with E-state index in [1.54, 1.807) is 18.2 Å². The van der Waals surface area contributed by atoms with E-state index >= 15 is 0 Å². The monoisotopic (exact) mass is 393 g/mol. The third-order valence-corrected chi connectivity index (χ3v) is 4.28. The van der Waals surface area contributed by atoms with Crippen LogP contribution in [-0.2, 0) is 0 Å². The number of hydrogen-bond donors (Lipinski definition) is 1. The lowest BCUT2D eigenvalue weighted by Gasteiger charge is -2.24. The van der Waals surface area contributed by atoms with Crippen molar-refractivity contribution in [3.8, 4) is 0 Å². The molecule has 2 aromatic carbocycles. The maximum Gasteiger partial charge on any atom is 0.337 e. The second kappa shape index (κ2) is 10.8. The summed E-state index contributed by atoms with van der Waals surface area (Å²) in [5.41, 5.74) is 2.19. The molecule has 0 saturated heterocycles. The number of benzene rings is 2. The Balaban J connectivity index is 2.12. The third kappa shape index (κ3) is 6.00. The number of hydrogen-bond acceptors (Lipinski definition) is 4. The molecule has 0 aliphatic rings. The number of alkyl halides is 2. The highest BCUT2D eigenvalue weighted by molar-refractivity contribution is 6.18. The Morgan fingerprint density at radius 3 is 2.12 bits per heavy atom. The van der Waals surface area contributed by atoms with Gasteiger partial charge in [0.05, 0.1) is 11.3 Å². The van der Waals surface area contributed by atoms with Gasteiger partial charge in [-0.15, -0.1) is 28.3 Å². The van der Waals surface area contributed by atoms with Gasteiger partial charge in [-0.3, -0.25) is 0 Å². The van der Waals surface area contributed by atoms with Gasteiger partial charge in [-0.25, -0.2) is 4.79 Å². The van der Waals surface area contributed by atoms with Crippen LogP contribution in [0.15, 0.2) is 58.8 Å². The van der Waals surface area contributed by atoms with Crippen LogP contribution < -0.4 is 4.90 Å². The van der Waals surface area contributed by atoms with Gasteiger partial charge < -0.3 is 10.0 Å². The molecule has 0 aromatic heterocycles. The van der Waals surface area contributed by atoms with Crippen molar-refractivity contribution in [3.63, 3.8) is 0 Å². The van der Waals surface area contributed by atoms with Crippen LogP contribution in [-0.4, -0.2) is 35.9 Å². The molecule has 0 fully saturated rings. The van der Waals surface area contributed by atoms with E-state index in [0.29, 0.717) is 23.1 Å². The zero-order valence-corrected chi connectivity index (χ0v) is 15.8. The maximum absolute atomic E-state index is 11.2. The van der Waals surface area contributed by atoms with E-state index in [1.807, 2.05) is 24.3 Å². The number of carbonyl (C=O) groups is 1. The molecule has 0 aliphatic heterocycles. The Kier molecular flexibility index (Phi) is 8.38. The third-order valence-electron chi connectivity index (χ3n) is 3.75. The summed E-state index contributed by atoms with van der Waals surface area (Å²) in [6, 6.07) is 14.2. The average Bonchev–Trinajstić information content (AvgIpc) is 2.67. The minimum atomic E-state index is -1.02. The van der Waals surface area contributed by atoms with Crippen LogP contribution in [0.4, 0.5) is 17.1 Å². The fourth-order valence-electron chi connectivity index (χ4n) is 2.45. The summed E-state index contributed by atoms with van der Waals surface area (Å²) in [6.07, 6.45) is 1.80. The van der Waals surface area contributed by atoms with Crippen LogP contribution in [0.25, 0.3) is 0 Å². The van der Waals surface area contributed by atoms with Crippen LogP contribution in [0, 0.1) is 0 Å². The van der Waals surface area contributed by atoms with Crippen molar-refractivity contribution >= 4 is 46.2 Å². The zero-order chi connectivity index (χ0) is 18.8.